The van der Waals surface area contributed by atoms with Crippen LogP contribution in [-0.2, 0) is 4.74 Å². The summed E-state index contributed by atoms with van der Waals surface area (Å²) in [7, 11) is 0. The maximum atomic E-state index is 5.88. The van der Waals surface area contributed by atoms with Gasteiger partial charge in [-0.3, -0.25) is 0 Å². The molecule has 2 heteroatoms. The summed E-state index contributed by atoms with van der Waals surface area (Å²) >= 11 is 0. The van der Waals surface area contributed by atoms with Crippen LogP contribution in [0.1, 0.15) is 46.0 Å². The maximum absolute atomic E-state index is 5.88. The van der Waals surface area contributed by atoms with Gasteiger partial charge in [0.05, 0.1) is 12.1 Å². The van der Waals surface area contributed by atoms with Crippen molar-refractivity contribution in [3.05, 3.63) is 0 Å². The fraction of sp³-hybridized carbons (Fsp3) is 0.857. The molecule has 2 unspecified atom stereocenters. The van der Waals surface area contributed by atoms with Crippen molar-refractivity contribution in [1.29, 1.82) is 0 Å². The molecule has 1 N–H and O–H groups in total. The van der Waals surface area contributed by atoms with Crippen molar-refractivity contribution in [2.75, 3.05) is 13.2 Å². The number of ether oxygens (including phenoxy) is 1. The molecular formula is C14H25NO. The van der Waals surface area contributed by atoms with Crippen molar-refractivity contribution in [3.8, 4) is 12.3 Å². The zero-order chi connectivity index (χ0) is 11.8. The highest BCUT2D eigenvalue weighted by atomic mass is 16.5. The van der Waals surface area contributed by atoms with Crippen molar-refractivity contribution in [2.45, 2.75) is 58.1 Å². The standard InChI is InChI=1S/C14H25NO/c1-4-13(15-5-2)14(16-6-3)12-10-8-7-9-11-12/h1,12-15H,5-11H2,2-3H3. The molecule has 1 rings (SSSR count). The second-order valence-corrected chi connectivity index (χ2v) is 4.52. The van der Waals surface area contributed by atoms with E-state index in [1.807, 2.05) is 0 Å². The molecule has 2 atom stereocenters. The van der Waals surface area contributed by atoms with Crippen molar-refractivity contribution >= 4 is 0 Å². The van der Waals surface area contributed by atoms with E-state index in [0.29, 0.717) is 5.92 Å². The molecule has 0 aromatic rings. The first-order valence-corrected chi connectivity index (χ1v) is 6.64. The highest BCUT2D eigenvalue weighted by Gasteiger charge is 2.29. The van der Waals surface area contributed by atoms with Crippen LogP contribution < -0.4 is 5.32 Å². The molecule has 0 radical (unpaired) electrons. The summed E-state index contributed by atoms with van der Waals surface area (Å²) in [6.45, 7) is 5.81. The Balaban J connectivity index is 2.59. The van der Waals surface area contributed by atoms with E-state index in [1.165, 1.54) is 32.1 Å². The normalized spacial score (nSPS) is 21.3. The third-order valence-corrected chi connectivity index (χ3v) is 3.41. The lowest BCUT2D eigenvalue weighted by molar-refractivity contribution is -0.00515. The molecule has 2 nitrogen and oxygen atoms in total. The fourth-order valence-corrected chi connectivity index (χ4v) is 2.65. The minimum absolute atomic E-state index is 0.0769. The van der Waals surface area contributed by atoms with Crippen LogP contribution >= 0.6 is 0 Å². The van der Waals surface area contributed by atoms with Gasteiger partial charge in [-0.1, -0.05) is 32.1 Å². The molecule has 0 saturated heterocycles. The molecule has 0 spiro atoms. The van der Waals surface area contributed by atoms with E-state index >= 15 is 0 Å². The Morgan fingerprint density at radius 1 is 1.31 bits per heavy atom. The molecule has 0 heterocycles. The van der Waals surface area contributed by atoms with Crippen LogP contribution in [0.5, 0.6) is 0 Å². The van der Waals surface area contributed by atoms with E-state index in [0.717, 1.165) is 13.2 Å². The predicted octanol–water partition coefficient (Wildman–Crippen LogP) is 2.58. The van der Waals surface area contributed by atoms with Gasteiger partial charge in [0.1, 0.15) is 0 Å². The molecule has 0 amide bonds. The molecule has 0 aromatic carbocycles. The Hall–Kier alpha value is -0.520. The third-order valence-electron chi connectivity index (χ3n) is 3.41. The van der Waals surface area contributed by atoms with Gasteiger partial charge in [0.15, 0.2) is 0 Å². The Bertz CT molecular complexity index is 215. The summed E-state index contributed by atoms with van der Waals surface area (Å²) in [5, 5.41) is 3.35. The molecule has 1 aliphatic rings. The first-order valence-electron chi connectivity index (χ1n) is 6.64. The van der Waals surface area contributed by atoms with E-state index in [2.05, 4.69) is 25.1 Å². The molecule has 16 heavy (non-hydrogen) atoms. The van der Waals surface area contributed by atoms with Gasteiger partial charge < -0.3 is 10.1 Å². The lowest BCUT2D eigenvalue weighted by atomic mass is 9.82. The number of hydrogen-bond acceptors (Lipinski definition) is 2. The molecule has 0 aliphatic heterocycles. The van der Waals surface area contributed by atoms with Gasteiger partial charge >= 0.3 is 0 Å². The van der Waals surface area contributed by atoms with Crippen LogP contribution in [0, 0.1) is 18.3 Å². The van der Waals surface area contributed by atoms with Crippen LogP contribution in [0.2, 0.25) is 0 Å². The molecular weight excluding hydrogens is 198 g/mol. The summed E-state index contributed by atoms with van der Waals surface area (Å²) in [5.74, 6) is 3.50. The second-order valence-electron chi connectivity index (χ2n) is 4.52. The largest absolute Gasteiger partial charge is 0.376 e. The van der Waals surface area contributed by atoms with E-state index < -0.39 is 0 Å². The molecule has 1 aliphatic carbocycles. The van der Waals surface area contributed by atoms with Crippen LogP contribution in [0.3, 0.4) is 0 Å². The van der Waals surface area contributed by atoms with Crippen LogP contribution in [0.25, 0.3) is 0 Å². The van der Waals surface area contributed by atoms with Gasteiger partial charge in [-0.15, -0.1) is 6.42 Å². The first kappa shape index (κ1) is 13.5. The Morgan fingerprint density at radius 2 is 2.00 bits per heavy atom. The summed E-state index contributed by atoms with van der Waals surface area (Å²) in [4.78, 5) is 0. The number of hydrogen-bond donors (Lipinski definition) is 1. The van der Waals surface area contributed by atoms with E-state index in [9.17, 15) is 0 Å². The van der Waals surface area contributed by atoms with Gasteiger partial charge in [-0.2, -0.15) is 0 Å². The van der Waals surface area contributed by atoms with Crippen molar-refractivity contribution in [1.82, 2.24) is 5.32 Å². The monoisotopic (exact) mass is 223 g/mol. The lowest BCUT2D eigenvalue weighted by Crippen LogP contribution is -2.45. The molecule has 0 bridgehead atoms. The van der Waals surface area contributed by atoms with Gasteiger partial charge in [0, 0.05) is 6.61 Å². The zero-order valence-electron chi connectivity index (χ0n) is 10.7. The number of likely N-dealkylation sites (N-methyl/N-ethyl adjacent to an activating group) is 1. The van der Waals surface area contributed by atoms with E-state index in [-0.39, 0.29) is 12.1 Å². The number of nitrogens with one attached hydrogen (secondary N) is 1. The highest BCUT2D eigenvalue weighted by Crippen LogP contribution is 2.29. The summed E-state index contributed by atoms with van der Waals surface area (Å²) in [5.41, 5.74) is 0. The van der Waals surface area contributed by atoms with Crippen molar-refractivity contribution < 1.29 is 4.74 Å². The molecule has 0 aromatic heterocycles. The van der Waals surface area contributed by atoms with Gasteiger partial charge in [0.2, 0.25) is 0 Å². The lowest BCUT2D eigenvalue weighted by Gasteiger charge is -2.33. The van der Waals surface area contributed by atoms with Crippen molar-refractivity contribution in [2.24, 2.45) is 5.92 Å². The van der Waals surface area contributed by atoms with Gasteiger partial charge in [-0.05, 0) is 32.2 Å². The van der Waals surface area contributed by atoms with Crippen LogP contribution in [0.4, 0.5) is 0 Å². The van der Waals surface area contributed by atoms with Crippen LogP contribution in [0.15, 0.2) is 0 Å². The topological polar surface area (TPSA) is 21.3 Å². The van der Waals surface area contributed by atoms with Crippen LogP contribution in [-0.4, -0.2) is 25.3 Å². The van der Waals surface area contributed by atoms with Crippen molar-refractivity contribution in [3.63, 3.8) is 0 Å². The SMILES string of the molecule is C#CC(NCC)C(OCC)C1CCCCC1. The zero-order valence-corrected chi connectivity index (χ0v) is 10.7. The summed E-state index contributed by atoms with van der Waals surface area (Å²) in [6, 6.07) is 0.0769. The van der Waals surface area contributed by atoms with Gasteiger partial charge in [0.25, 0.3) is 0 Å². The number of rotatable bonds is 6. The Morgan fingerprint density at radius 3 is 2.50 bits per heavy atom. The average Bonchev–Trinajstić information content (AvgIpc) is 2.35. The minimum Gasteiger partial charge on any atom is -0.376 e. The molecule has 92 valence electrons. The minimum atomic E-state index is 0.0769. The summed E-state index contributed by atoms with van der Waals surface area (Å²) in [6.07, 6.45) is 12.4. The second kappa shape index (κ2) is 7.70. The maximum Gasteiger partial charge on any atom is 0.0955 e. The fourth-order valence-electron chi connectivity index (χ4n) is 2.65. The highest BCUT2D eigenvalue weighted by molar-refractivity contribution is 5.05. The smallest absolute Gasteiger partial charge is 0.0955 e. The molecule has 1 fully saturated rings. The average molecular weight is 223 g/mol. The predicted molar refractivity (Wildman–Crippen MR) is 68.3 cm³/mol. The Labute approximate surface area is 100 Å². The third kappa shape index (κ3) is 3.81. The first-order chi connectivity index (χ1) is 7.83. The quantitative estimate of drug-likeness (QED) is 0.699. The summed E-state index contributed by atoms with van der Waals surface area (Å²) < 4.78 is 5.88. The number of terminal acetylenes is 1. The Kier molecular flexibility index (Phi) is 6.52. The van der Waals surface area contributed by atoms with E-state index in [4.69, 9.17) is 11.2 Å². The molecule has 1 saturated carbocycles. The van der Waals surface area contributed by atoms with Gasteiger partial charge in [-0.25, -0.2) is 0 Å². The van der Waals surface area contributed by atoms with E-state index in [1.54, 1.807) is 0 Å².